The third-order valence-corrected chi connectivity index (χ3v) is 6.72. The largest absolute Gasteiger partial charge is 0.296 e. The molecule has 5 rings (SSSR count). The average Bonchev–Trinajstić information content (AvgIpc) is 3.61. The van der Waals surface area contributed by atoms with E-state index in [1.165, 1.54) is 17.0 Å². The second-order valence-electron chi connectivity index (χ2n) is 7.32. The highest BCUT2D eigenvalue weighted by molar-refractivity contribution is 7.12. The van der Waals surface area contributed by atoms with Gasteiger partial charge in [0.05, 0.1) is 11.6 Å². The number of benzene rings is 1. The van der Waals surface area contributed by atoms with Crippen LogP contribution in [0.5, 0.6) is 0 Å². The maximum atomic E-state index is 9.12. The summed E-state index contributed by atoms with van der Waals surface area (Å²) in [6.45, 7) is 2.28. The number of aromatic nitrogens is 4. The Morgan fingerprint density at radius 2 is 1.34 bits per heavy atom. The fourth-order valence-corrected chi connectivity index (χ4v) is 5.02. The zero-order valence-corrected chi connectivity index (χ0v) is 18.8. The van der Waals surface area contributed by atoms with Gasteiger partial charge in [-0.15, -0.1) is 22.7 Å². The van der Waals surface area contributed by atoms with Crippen LogP contribution in [0.15, 0.2) is 84.1 Å². The third kappa shape index (κ3) is 4.41. The van der Waals surface area contributed by atoms with Gasteiger partial charge in [-0.3, -0.25) is 14.0 Å². The first kappa shape index (κ1) is 20.4. The van der Waals surface area contributed by atoms with E-state index >= 15 is 0 Å². The first-order valence-electron chi connectivity index (χ1n) is 10.1. The summed E-state index contributed by atoms with van der Waals surface area (Å²) in [5.41, 5.74) is 4.21. The smallest absolute Gasteiger partial charge is 0.193 e. The Labute approximate surface area is 194 Å². The molecule has 0 saturated carbocycles. The van der Waals surface area contributed by atoms with Gasteiger partial charge in [0, 0.05) is 66.6 Å². The van der Waals surface area contributed by atoms with Crippen LogP contribution < -0.4 is 0 Å². The first-order chi connectivity index (χ1) is 15.8. The second-order valence-corrected chi connectivity index (χ2v) is 9.07. The molecule has 0 amide bonds. The first-order valence-corrected chi connectivity index (χ1v) is 11.9. The molecule has 0 atom stereocenters. The third-order valence-electron chi connectivity index (χ3n) is 5.18. The number of rotatable bonds is 8. The summed E-state index contributed by atoms with van der Waals surface area (Å²) < 4.78 is 4.30. The van der Waals surface area contributed by atoms with Crippen molar-refractivity contribution in [1.82, 2.24) is 24.0 Å². The molecule has 5 aromatic rings. The average molecular weight is 457 g/mol. The van der Waals surface area contributed by atoms with Gasteiger partial charge in [0.25, 0.3) is 0 Å². The number of hydrogen-bond acceptors (Lipinski definition) is 6. The van der Waals surface area contributed by atoms with Crippen molar-refractivity contribution >= 4 is 22.7 Å². The summed E-state index contributed by atoms with van der Waals surface area (Å²) in [7, 11) is 0. The van der Waals surface area contributed by atoms with Crippen molar-refractivity contribution in [1.29, 1.82) is 5.26 Å². The van der Waals surface area contributed by atoms with Crippen LogP contribution in [0.4, 0.5) is 0 Å². The minimum absolute atomic E-state index is 0.676. The Morgan fingerprint density at radius 3 is 1.81 bits per heavy atom. The van der Waals surface area contributed by atoms with Crippen LogP contribution in [0, 0.1) is 11.3 Å². The number of thiazole rings is 2. The Morgan fingerprint density at radius 1 is 0.781 bits per heavy atom. The van der Waals surface area contributed by atoms with E-state index < -0.39 is 0 Å². The lowest BCUT2D eigenvalue weighted by Crippen LogP contribution is -2.25. The van der Waals surface area contributed by atoms with Crippen LogP contribution in [0.1, 0.15) is 22.5 Å². The molecule has 8 heteroatoms. The zero-order chi connectivity index (χ0) is 21.8. The molecule has 0 fully saturated rings. The van der Waals surface area contributed by atoms with Crippen molar-refractivity contribution in [2.24, 2.45) is 0 Å². The van der Waals surface area contributed by atoms with Crippen molar-refractivity contribution in [3.63, 3.8) is 0 Å². The molecule has 32 heavy (non-hydrogen) atoms. The van der Waals surface area contributed by atoms with E-state index in [1.807, 2.05) is 47.4 Å². The quantitative estimate of drug-likeness (QED) is 0.320. The zero-order valence-electron chi connectivity index (χ0n) is 17.2. The SMILES string of the molecule is N#Cc1ccc(CN(Cc2cccn2-c2nccs2)Cc2cccn2-c2nccs2)cc1. The highest BCUT2D eigenvalue weighted by Gasteiger charge is 2.15. The summed E-state index contributed by atoms with van der Waals surface area (Å²) in [6.07, 6.45) is 7.79. The maximum Gasteiger partial charge on any atom is 0.193 e. The molecule has 0 aliphatic carbocycles. The van der Waals surface area contributed by atoms with Crippen LogP contribution in [0.25, 0.3) is 10.3 Å². The molecule has 6 nitrogen and oxygen atoms in total. The molecule has 0 saturated heterocycles. The van der Waals surface area contributed by atoms with Gasteiger partial charge in [0.2, 0.25) is 0 Å². The summed E-state index contributed by atoms with van der Waals surface area (Å²) >= 11 is 3.26. The minimum atomic E-state index is 0.676. The number of nitrogens with zero attached hydrogens (tertiary/aromatic N) is 6. The molecular formula is C24H20N6S2. The molecule has 0 bridgehead atoms. The lowest BCUT2D eigenvalue weighted by molar-refractivity contribution is 0.239. The molecule has 0 unspecified atom stereocenters. The Balaban J connectivity index is 1.44. The van der Waals surface area contributed by atoms with Crippen LogP contribution in [0.3, 0.4) is 0 Å². The maximum absolute atomic E-state index is 9.12. The van der Waals surface area contributed by atoms with E-state index in [1.54, 1.807) is 22.7 Å². The molecule has 1 aromatic carbocycles. The monoisotopic (exact) mass is 456 g/mol. The normalized spacial score (nSPS) is 11.1. The standard InChI is InChI=1S/C24H20N6S2/c25-15-19-5-7-20(8-6-19)16-28(17-21-3-1-11-29(21)23-26-9-13-31-23)18-22-4-2-12-30(22)24-27-10-14-32-24/h1-14H,16-18H2. The minimum Gasteiger partial charge on any atom is -0.296 e. The van der Waals surface area contributed by atoms with Crippen molar-refractivity contribution in [3.8, 4) is 16.3 Å². The van der Waals surface area contributed by atoms with Gasteiger partial charge in [-0.05, 0) is 42.0 Å². The molecular weight excluding hydrogens is 436 g/mol. The molecule has 0 aliphatic rings. The van der Waals surface area contributed by atoms with Crippen molar-refractivity contribution < 1.29 is 0 Å². The van der Waals surface area contributed by atoms with E-state index in [2.05, 4.69) is 66.7 Å². The van der Waals surface area contributed by atoms with Crippen LogP contribution in [-0.4, -0.2) is 24.0 Å². The van der Waals surface area contributed by atoms with Gasteiger partial charge in [0.15, 0.2) is 10.3 Å². The Hall–Kier alpha value is -3.51. The number of nitriles is 1. The fraction of sp³-hybridized carbons (Fsp3) is 0.125. The van der Waals surface area contributed by atoms with E-state index in [0.29, 0.717) is 5.56 Å². The summed E-state index contributed by atoms with van der Waals surface area (Å²) in [5, 5.41) is 15.0. The van der Waals surface area contributed by atoms with E-state index in [0.717, 1.165) is 29.9 Å². The molecule has 0 spiro atoms. The highest BCUT2D eigenvalue weighted by Crippen LogP contribution is 2.21. The summed E-state index contributed by atoms with van der Waals surface area (Å²) in [4.78, 5) is 11.4. The van der Waals surface area contributed by atoms with Crippen LogP contribution in [0.2, 0.25) is 0 Å². The van der Waals surface area contributed by atoms with Crippen molar-refractivity contribution in [2.45, 2.75) is 19.6 Å². The molecule has 0 aliphatic heterocycles. The molecule has 4 aromatic heterocycles. The van der Waals surface area contributed by atoms with Crippen LogP contribution >= 0.6 is 22.7 Å². The predicted octanol–water partition coefficient (Wildman–Crippen LogP) is 5.26. The number of hydrogen-bond donors (Lipinski definition) is 0. The molecule has 0 N–H and O–H groups in total. The fourth-order valence-electron chi connectivity index (χ4n) is 3.70. The van der Waals surface area contributed by atoms with Gasteiger partial charge >= 0.3 is 0 Å². The highest BCUT2D eigenvalue weighted by atomic mass is 32.1. The Bertz CT molecular complexity index is 1230. The lowest BCUT2D eigenvalue weighted by Gasteiger charge is -2.23. The second kappa shape index (κ2) is 9.32. The van der Waals surface area contributed by atoms with Crippen molar-refractivity contribution in [2.75, 3.05) is 0 Å². The summed E-state index contributed by atoms with van der Waals surface area (Å²) in [6, 6.07) is 18.4. The molecule has 0 radical (unpaired) electrons. The van der Waals surface area contributed by atoms with E-state index in [-0.39, 0.29) is 0 Å². The van der Waals surface area contributed by atoms with Crippen molar-refractivity contribution in [3.05, 3.63) is 107 Å². The Kier molecular flexibility index (Phi) is 5.94. The van der Waals surface area contributed by atoms with Gasteiger partial charge < -0.3 is 0 Å². The molecule has 158 valence electrons. The summed E-state index contributed by atoms with van der Waals surface area (Å²) in [5.74, 6) is 0. The van der Waals surface area contributed by atoms with E-state index in [4.69, 9.17) is 5.26 Å². The van der Waals surface area contributed by atoms with Gasteiger partial charge in [-0.2, -0.15) is 5.26 Å². The lowest BCUT2D eigenvalue weighted by atomic mass is 10.1. The predicted molar refractivity (Wildman–Crippen MR) is 127 cm³/mol. The van der Waals surface area contributed by atoms with E-state index in [9.17, 15) is 0 Å². The van der Waals surface area contributed by atoms with Gasteiger partial charge in [-0.25, -0.2) is 9.97 Å². The van der Waals surface area contributed by atoms with Gasteiger partial charge in [-0.1, -0.05) is 12.1 Å². The van der Waals surface area contributed by atoms with Gasteiger partial charge in [0.1, 0.15) is 0 Å². The molecule has 4 heterocycles. The van der Waals surface area contributed by atoms with Crippen LogP contribution in [-0.2, 0) is 19.6 Å². The topological polar surface area (TPSA) is 62.7 Å².